The molecule has 1 aliphatic heterocycles. The molecule has 0 saturated carbocycles. The van der Waals surface area contributed by atoms with Gasteiger partial charge < -0.3 is 14.6 Å². The van der Waals surface area contributed by atoms with Gasteiger partial charge in [0, 0.05) is 40.9 Å². The first kappa shape index (κ1) is 20.1. The van der Waals surface area contributed by atoms with E-state index in [2.05, 4.69) is 21.2 Å². The first-order valence-corrected chi connectivity index (χ1v) is 10.6. The largest absolute Gasteiger partial charge is 0.464 e. The number of carbonyl (C=O) groups excluding carboxylic acids is 1. The van der Waals surface area contributed by atoms with Crippen molar-refractivity contribution in [2.45, 2.75) is 31.2 Å². The van der Waals surface area contributed by atoms with Crippen molar-refractivity contribution in [1.82, 2.24) is 10.2 Å². The van der Waals surface area contributed by atoms with Gasteiger partial charge in [0.25, 0.3) is 0 Å². The van der Waals surface area contributed by atoms with Crippen molar-refractivity contribution in [3.05, 3.63) is 70.1 Å². The molecule has 0 spiro atoms. The third-order valence-electron chi connectivity index (χ3n) is 5.93. The van der Waals surface area contributed by atoms with Gasteiger partial charge in [-0.3, -0.25) is 4.79 Å². The number of piperidine rings is 1. The number of nitrogens with one attached hydrogen (secondary N) is 1. The fourth-order valence-electron chi connectivity index (χ4n) is 4.28. The van der Waals surface area contributed by atoms with Crippen LogP contribution in [-0.4, -0.2) is 30.9 Å². The molecule has 0 bridgehead atoms. The molecule has 6 heteroatoms. The second kappa shape index (κ2) is 8.28. The molecule has 3 aromatic rings. The van der Waals surface area contributed by atoms with Crippen molar-refractivity contribution in [3.63, 3.8) is 0 Å². The normalized spacial score (nSPS) is 16.1. The number of halogens is 2. The molecule has 152 valence electrons. The van der Waals surface area contributed by atoms with Crippen LogP contribution in [0.5, 0.6) is 0 Å². The molecule has 1 N–H and O–H groups in total. The Kier molecular flexibility index (Phi) is 5.74. The van der Waals surface area contributed by atoms with E-state index in [1.807, 2.05) is 37.4 Å². The average Bonchev–Trinajstić information content (AvgIpc) is 3.17. The van der Waals surface area contributed by atoms with Crippen LogP contribution >= 0.6 is 15.9 Å². The van der Waals surface area contributed by atoms with Gasteiger partial charge in [0.05, 0.1) is 6.26 Å². The third-order valence-corrected chi connectivity index (χ3v) is 6.39. The Morgan fingerprint density at radius 3 is 2.66 bits per heavy atom. The summed E-state index contributed by atoms with van der Waals surface area (Å²) >= 11 is 3.54. The summed E-state index contributed by atoms with van der Waals surface area (Å²) < 4.78 is 20.0. The van der Waals surface area contributed by atoms with E-state index in [0.29, 0.717) is 13.0 Å². The topological polar surface area (TPSA) is 45.5 Å². The highest BCUT2D eigenvalue weighted by Crippen LogP contribution is 2.37. The van der Waals surface area contributed by atoms with E-state index >= 15 is 0 Å². The zero-order valence-corrected chi connectivity index (χ0v) is 18.0. The van der Waals surface area contributed by atoms with Crippen LogP contribution in [-0.2, 0) is 16.8 Å². The second-order valence-corrected chi connectivity index (χ2v) is 8.78. The molecule has 0 atom stereocenters. The summed E-state index contributed by atoms with van der Waals surface area (Å²) in [5, 5.41) is 4.38. The maximum atomic E-state index is 13.4. The zero-order valence-electron chi connectivity index (χ0n) is 16.4. The number of amides is 1. The maximum Gasteiger partial charge on any atom is 0.223 e. The molecule has 1 aromatic heterocycles. The Balaban J connectivity index is 1.55. The lowest BCUT2D eigenvalue weighted by Crippen LogP contribution is -2.43. The number of nitrogens with zero attached hydrogens (tertiary/aromatic N) is 1. The third kappa shape index (κ3) is 4.23. The van der Waals surface area contributed by atoms with E-state index in [-0.39, 0.29) is 17.1 Å². The summed E-state index contributed by atoms with van der Waals surface area (Å²) in [6, 6.07) is 12.6. The number of hydrogen-bond acceptors (Lipinski definition) is 3. The van der Waals surface area contributed by atoms with Crippen LogP contribution in [0.4, 0.5) is 4.39 Å². The van der Waals surface area contributed by atoms with Crippen molar-refractivity contribution < 1.29 is 13.6 Å². The Hall–Kier alpha value is -2.18. The van der Waals surface area contributed by atoms with Crippen molar-refractivity contribution >= 4 is 32.8 Å². The Labute approximate surface area is 178 Å². The molecular weight excluding hydrogens is 435 g/mol. The van der Waals surface area contributed by atoms with Crippen molar-refractivity contribution in [1.29, 1.82) is 0 Å². The first-order chi connectivity index (χ1) is 14.0. The Bertz CT molecular complexity index is 1010. The van der Waals surface area contributed by atoms with Crippen molar-refractivity contribution in [2.24, 2.45) is 0 Å². The second-order valence-electron chi connectivity index (χ2n) is 7.87. The van der Waals surface area contributed by atoms with Crippen LogP contribution in [0, 0.1) is 5.82 Å². The summed E-state index contributed by atoms with van der Waals surface area (Å²) in [5.74, 6) is -0.172. The van der Waals surface area contributed by atoms with Gasteiger partial charge in [0.2, 0.25) is 5.91 Å². The summed E-state index contributed by atoms with van der Waals surface area (Å²) in [6.07, 6.45) is 3.79. The summed E-state index contributed by atoms with van der Waals surface area (Å²) in [4.78, 5) is 15.0. The van der Waals surface area contributed by atoms with Crippen LogP contribution < -0.4 is 5.32 Å². The molecule has 29 heavy (non-hydrogen) atoms. The average molecular weight is 459 g/mol. The summed E-state index contributed by atoms with van der Waals surface area (Å²) in [5.41, 5.74) is 2.55. The highest BCUT2D eigenvalue weighted by Gasteiger charge is 2.37. The van der Waals surface area contributed by atoms with E-state index in [9.17, 15) is 9.18 Å². The number of fused-ring (bicyclic) bond motifs is 1. The van der Waals surface area contributed by atoms with Gasteiger partial charge in [-0.15, -0.1) is 0 Å². The van der Waals surface area contributed by atoms with Gasteiger partial charge in [-0.2, -0.15) is 0 Å². The SMILES string of the molecule is CN(Cc1cc(Br)cc2ccoc12)C(=O)CC1(c2ccc(F)cc2)CCNCC1. The Morgan fingerprint density at radius 1 is 1.21 bits per heavy atom. The molecule has 1 aliphatic rings. The van der Waals surface area contributed by atoms with E-state index in [4.69, 9.17) is 4.42 Å². The van der Waals surface area contributed by atoms with E-state index in [1.54, 1.807) is 11.2 Å². The summed E-state index contributed by atoms with van der Waals surface area (Å²) in [7, 11) is 1.83. The molecule has 4 nitrogen and oxygen atoms in total. The lowest BCUT2D eigenvalue weighted by atomic mass is 9.70. The maximum absolute atomic E-state index is 13.4. The molecule has 2 aromatic carbocycles. The van der Waals surface area contributed by atoms with Crippen molar-refractivity contribution in [2.75, 3.05) is 20.1 Å². The van der Waals surface area contributed by atoms with Crippen LogP contribution in [0.15, 0.2) is 57.6 Å². The quantitative estimate of drug-likeness (QED) is 0.584. The Morgan fingerprint density at radius 2 is 1.93 bits per heavy atom. The molecule has 1 amide bonds. The highest BCUT2D eigenvalue weighted by atomic mass is 79.9. The fraction of sp³-hybridized carbons (Fsp3) is 0.348. The van der Waals surface area contributed by atoms with Gasteiger partial charge in [-0.1, -0.05) is 28.1 Å². The molecule has 4 rings (SSSR count). The molecule has 0 radical (unpaired) electrons. The minimum absolute atomic E-state index is 0.0795. The standard InChI is InChI=1S/C23H24BrFN2O2/c1-27(15-17-13-19(24)12-16-6-11-29-22(16)17)21(28)14-23(7-9-26-10-8-23)18-2-4-20(25)5-3-18/h2-6,11-13,26H,7-10,14-15H2,1H3. The summed E-state index contributed by atoms with van der Waals surface area (Å²) in [6.45, 7) is 2.18. The predicted octanol–water partition coefficient (Wildman–Crippen LogP) is 5.00. The van der Waals surface area contributed by atoms with Gasteiger partial charge in [0.1, 0.15) is 11.4 Å². The van der Waals surface area contributed by atoms with E-state index < -0.39 is 0 Å². The molecular formula is C23H24BrFN2O2. The van der Waals surface area contributed by atoms with Gasteiger partial charge >= 0.3 is 0 Å². The number of benzene rings is 2. The molecule has 2 heterocycles. The van der Waals surface area contributed by atoms with Gasteiger partial charge in [0.15, 0.2) is 0 Å². The zero-order chi connectivity index (χ0) is 20.4. The predicted molar refractivity (Wildman–Crippen MR) is 115 cm³/mol. The van der Waals surface area contributed by atoms with Crippen LogP contribution in [0.1, 0.15) is 30.4 Å². The number of carbonyl (C=O) groups is 1. The minimum atomic E-state index is -0.262. The van der Waals surface area contributed by atoms with Crippen LogP contribution in [0.2, 0.25) is 0 Å². The van der Waals surface area contributed by atoms with E-state index in [1.165, 1.54) is 12.1 Å². The highest BCUT2D eigenvalue weighted by molar-refractivity contribution is 9.10. The molecule has 0 aliphatic carbocycles. The smallest absolute Gasteiger partial charge is 0.223 e. The van der Waals surface area contributed by atoms with Crippen LogP contribution in [0.25, 0.3) is 11.0 Å². The fourth-order valence-corrected chi connectivity index (χ4v) is 4.80. The molecule has 0 unspecified atom stereocenters. The van der Waals surface area contributed by atoms with Gasteiger partial charge in [-0.25, -0.2) is 4.39 Å². The molecule has 1 fully saturated rings. The number of furan rings is 1. The van der Waals surface area contributed by atoms with Crippen molar-refractivity contribution in [3.8, 4) is 0 Å². The number of hydrogen-bond donors (Lipinski definition) is 1. The lowest BCUT2D eigenvalue weighted by molar-refractivity contribution is -0.132. The number of rotatable bonds is 5. The van der Waals surface area contributed by atoms with Gasteiger partial charge in [-0.05, 0) is 61.8 Å². The minimum Gasteiger partial charge on any atom is -0.464 e. The monoisotopic (exact) mass is 458 g/mol. The van der Waals surface area contributed by atoms with Crippen LogP contribution in [0.3, 0.4) is 0 Å². The first-order valence-electron chi connectivity index (χ1n) is 9.83. The molecule has 1 saturated heterocycles. The lowest BCUT2D eigenvalue weighted by Gasteiger charge is -2.38. The van der Waals surface area contributed by atoms with E-state index in [0.717, 1.165) is 52.5 Å².